The van der Waals surface area contributed by atoms with E-state index in [1.54, 1.807) is 13.1 Å². The second kappa shape index (κ2) is 10.8. The number of ether oxygens (including phenoxy) is 3. The van der Waals surface area contributed by atoms with Gasteiger partial charge in [0.05, 0.1) is 6.61 Å². The van der Waals surface area contributed by atoms with Gasteiger partial charge in [-0.05, 0) is 55.7 Å². The van der Waals surface area contributed by atoms with Crippen molar-refractivity contribution in [2.75, 3.05) is 40.1 Å². The minimum atomic E-state index is -0.257. The highest BCUT2D eigenvalue weighted by Crippen LogP contribution is 2.40. The van der Waals surface area contributed by atoms with Crippen molar-refractivity contribution in [1.29, 1.82) is 0 Å². The van der Waals surface area contributed by atoms with Crippen molar-refractivity contribution in [2.24, 2.45) is 10.4 Å². The molecule has 0 radical (unpaired) electrons. The van der Waals surface area contributed by atoms with Crippen molar-refractivity contribution in [1.82, 2.24) is 10.6 Å². The molecule has 1 aliphatic carbocycles. The summed E-state index contributed by atoms with van der Waals surface area (Å²) in [5.74, 6) is 1.28. The molecule has 0 saturated heterocycles. The Hall–Kier alpha value is -1.86. The molecule has 1 saturated carbocycles. The molecule has 6 nitrogen and oxygen atoms in total. The second-order valence-corrected chi connectivity index (χ2v) is 7.92. The van der Waals surface area contributed by atoms with Crippen LogP contribution >= 0.6 is 0 Å². The van der Waals surface area contributed by atoms with Crippen LogP contribution in [0, 0.1) is 11.2 Å². The lowest BCUT2D eigenvalue weighted by Gasteiger charge is -2.30. The van der Waals surface area contributed by atoms with E-state index in [9.17, 15) is 4.39 Å². The molecule has 0 atom stereocenters. The molecule has 2 aliphatic rings. The van der Waals surface area contributed by atoms with Crippen LogP contribution in [0.1, 0.15) is 50.2 Å². The smallest absolute Gasteiger partial charge is 0.191 e. The molecule has 0 spiro atoms. The molecule has 1 aromatic carbocycles. The van der Waals surface area contributed by atoms with E-state index in [1.165, 1.54) is 31.7 Å². The molecule has 0 unspecified atom stereocenters. The number of benzene rings is 1. The van der Waals surface area contributed by atoms with E-state index in [-0.39, 0.29) is 12.6 Å². The molecule has 162 valence electrons. The largest absolute Gasteiger partial charge is 0.467 e. The standard InChI is InChI=1S/C22H34FN3O3/c1-3-27-11-9-22(7-4-5-8-22)15-26-21(24-2)25-10-6-17-12-19(23)13-18-14-28-16-29-20(17)18/h12-13H,3-11,14-16H2,1-2H3,(H2,24,25,26). The normalized spacial score (nSPS) is 18.2. The second-order valence-electron chi connectivity index (χ2n) is 7.92. The lowest BCUT2D eigenvalue weighted by Crippen LogP contribution is -2.44. The number of nitrogens with one attached hydrogen (secondary N) is 2. The Morgan fingerprint density at radius 1 is 1.28 bits per heavy atom. The SMILES string of the molecule is CCOCCC1(CNC(=NC)NCCc2cc(F)cc3c2OCOC3)CCCC1. The minimum absolute atomic E-state index is 0.214. The summed E-state index contributed by atoms with van der Waals surface area (Å²) in [6.45, 7) is 5.78. The molecular weight excluding hydrogens is 373 g/mol. The van der Waals surface area contributed by atoms with Crippen LogP contribution in [-0.4, -0.2) is 46.1 Å². The topological polar surface area (TPSA) is 64.1 Å². The minimum Gasteiger partial charge on any atom is -0.467 e. The summed E-state index contributed by atoms with van der Waals surface area (Å²) in [5, 5.41) is 6.85. The predicted molar refractivity (Wildman–Crippen MR) is 112 cm³/mol. The number of aliphatic imine (C=N–C) groups is 1. The number of nitrogens with zero attached hydrogens (tertiary/aromatic N) is 1. The van der Waals surface area contributed by atoms with Crippen molar-refractivity contribution in [2.45, 2.75) is 52.1 Å². The van der Waals surface area contributed by atoms with Gasteiger partial charge in [-0.2, -0.15) is 0 Å². The fourth-order valence-electron chi connectivity index (χ4n) is 4.32. The summed E-state index contributed by atoms with van der Waals surface area (Å²) in [4.78, 5) is 4.35. The number of fused-ring (bicyclic) bond motifs is 1. The molecule has 0 bridgehead atoms. The first-order valence-electron chi connectivity index (χ1n) is 10.7. The van der Waals surface area contributed by atoms with Crippen LogP contribution in [0.15, 0.2) is 17.1 Å². The van der Waals surface area contributed by atoms with E-state index in [0.717, 1.165) is 49.0 Å². The molecule has 7 heteroatoms. The van der Waals surface area contributed by atoms with Gasteiger partial charge >= 0.3 is 0 Å². The van der Waals surface area contributed by atoms with Crippen LogP contribution in [0.2, 0.25) is 0 Å². The Morgan fingerprint density at radius 2 is 2.10 bits per heavy atom. The van der Waals surface area contributed by atoms with Gasteiger partial charge in [0.15, 0.2) is 12.8 Å². The summed E-state index contributed by atoms with van der Waals surface area (Å²) in [7, 11) is 1.78. The van der Waals surface area contributed by atoms with Crippen molar-refractivity contribution < 1.29 is 18.6 Å². The molecule has 1 fully saturated rings. The van der Waals surface area contributed by atoms with Crippen LogP contribution < -0.4 is 15.4 Å². The quantitative estimate of drug-likeness (QED) is 0.373. The highest BCUT2D eigenvalue weighted by Gasteiger charge is 2.33. The number of rotatable bonds is 9. The van der Waals surface area contributed by atoms with E-state index < -0.39 is 0 Å². The van der Waals surface area contributed by atoms with Gasteiger partial charge in [-0.3, -0.25) is 4.99 Å². The zero-order valence-electron chi connectivity index (χ0n) is 17.7. The Bertz CT molecular complexity index is 690. The fraction of sp³-hybridized carbons (Fsp3) is 0.682. The molecule has 1 heterocycles. The summed E-state index contributed by atoms with van der Waals surface area (Å²) >= 11 is 0. The van der Waals surface area contributed by atoms with Gasteiger partial charge in [-0.25, -0.2) is 4.39 Å². The van der Waals surface area contributed by atoms with Gasteiger partial charge in [0, 0.05) is 38.9 Å². The van der Waals surface area contributed by atoms with E-state index in [1.807, 2.05) is 6.92 Å². The van der Waals surface area contributed by atoms with Gasteiger partial charge in [-0.15, -0.1) is 0 Å². The van der Waals surface area contributed by atoms with Gasteiger partial charge in [0.25, 0.3) is 0 Å². The third-order valence-electron chi connectivity index (χ3n) is 5.94. The molecule has 2 N–H and O–H groups in total. The van der Waals surface area contributed by atoms with Gasteiger partial charge in [0.2, 0.25) is 0 Å². The Labute approximate surface area is 173 Å². The maximum absolute atomic E-state index is 13.9. The van der Waals surface area contributed by atoms with Crippen LogP contribution in [0.25, 0.3) is 0 Å². The number of hydrogen-bond donors (Lipinski definition) is 2. The highest BCUT2D eigenvalue weighted by molar-refractivity contribution is 5.79. The Kier molecular flexibility index (Phi) is 8.12. The summed E-state index contributed by atoms with van der Waals surface area (Å²) < 4.78 is 30.3. The van der Waals surface area contributed by atoms with E-state index in [2.05, 4.69) is 15.6 Å². The van der Waals surface area contributed by atoms with Crippen LogP contribution in [0.3, 0.4) is 0 Å². The van der Waals surface area contributed by atoms with Crippen LogP contribution in [-0.2, 0) is 22.5 Å². The first-order chi connectivity index (χ1) is 14.2. The van der Waals surface area contributed by atoms with E-state index in [0.29, 0.717) is 25.0 Å². The summed E-state index contributed by atoms with van der Waals surface area (Å²) in [5.41, 5.74) is 1.92. The number of hydrogen-bond acceptors (Lipinski definition) is 4. The fourth-order valence-corrected chi connectivity index (χ4v) is 4.32. The lowest BCUT2D eigenvalue weighted by molar-refractivity contribution is -0.0172. The number of halogens is 1. The van der Waals surface area contributed by atoms with E-state index >= 15 is 0 Å². The first-order valence-corrected chi connectivity index (χ1v) is 10.7. The van der Waals surface area contributed by atoms with Crippen molar-refractivity contribution in [3.8, 4) is 5.75 Å². The molecule has 0 amide bonds. The maximum atomic E-state index is 13.9. The monoisotopic (exact) mass is 407 g/mol. The zero-order chi connectivity index (χ0) is 20.5. The third-order valence-corrected chi connectivity index (χ3v) is 5.94. The highest BCUT2D eigenvalue weighted by atomic mass is 19.1. The predicted octanol–water partition coefficient (Wildman–Crippen LogP) is 3.39. The average molecular weight is 408 g/mol. The third kappa shape index (κ3) is 6.06. The van der Waals surface area contributed by atoms with Gasteiger partial charge in [-0.1, -0.05) is 12.8 Å². The van der Waals surface area contributed by atoms with Crippen molar-refractivity contribution in [3.05, 3.63) is 29.1 Å². The first kappa shape index (κ1) is 21.8. The summed E-state index contributed by atoms with van der Waals surface area (Å²) in [6, 6.07) is 3.03. The number of guanidine groups is 1. The molecular formula is C22H34FN3O3. The average Bonchev–Trinajstić information content (AvgIpc) is 3.19. The Morgan fingerprint density at radius 3 is 2.86 bits per heavy atom. The molecule has 3 rings (SSSR count). The molecule has 1 aromatic rings. The van der Waals surface area contributed by atoms with Crippen LogP contribution in [0.5, 0.6) is 5.75 Å². The van der Waals surface area contributed by atoms with Crippen molar-refractivity contribution in [3.63, 3.8) is 0 Å². The molecule has 1 aliphatic heterocycles. The maximum Gasteiger partial charge on any atom is 0.191 e. The van der Waals surface area contributed by atoms with Crippen molar-refractivity contribution >= 4 is 5.96 Å². The van der Waals surface area contributed by atoms with Crippen LogP contribution in [0.4, 0.5) is 4.39 Å². The van der Waals surface area contributed by atoms with Gasteiger partial charge in [0.1, 0.15) is 11.6 Å². The molecule has 0 aromatic heterocycles. The summed E-state index contributed by atoms with van der Waals surface area (Å²) in [6.07, 6.45) is 6.77. The van der Waals surface area contributed by atoms with E-state index in [4.69, 9.17) is 14.2 Å². The lowest BCUT2D eigenvalue weighted by atomic mass is 9.83. The zero-order valence-corrected chi connectivity index (χ0v) is 17.7. The van der Waals surface area contributed by atoms with Gasteiger partial charge < -0.3 is 24.8 Å². The Balaban J connectivity index is 1.50. The molecule has 29 heavy (non-hydrogen) atoms.